The number of allylic oxidation sites excluding steroid dienone is 1. The van der Waals surface area contributed by atoms with Crippen LogP contribution in [0.5, 0.6) is 11.5 Å². The molecule has 1 atom stereocenters. The molecule has 0 saturated heterocycles. The third-order valence-electron chi connectivity index (χ3n) is 5.32. The molecule has 0 radical (unpaired) electrons. The van der Waals surface area contributed by atoms with Gasteiger partial charge in [-0.2, -0.15) is 0 Å². The van der Waals surface area contributed by atoms with E-state index < -0.39 is 0 Å². The third kappa shape index (κ3) is 3.28. The van der Waals surface area contributed by atoms with Crippen molar-refractivity contribution in [3.8, 4) is 11.5 Å². The fraction of sp³-hybridized carbons (Fsp3) is 0.348. The molecule has 2 aromatic carbocycles. The molecule has 0 fully saturated rings. The van der Waals surface area contributed by atoms with Crippen molar-refractivity contribution in [2.45, 2.75) is 36.8 Å². The van der Waals surface area contributed by atoms with Crippen molar-refractivity contribution < 1.29 is 14.3 Å². The van der Waals surface area contributed by atoms with Gasteiger partial charge in [-0.1, -0.05) is 38.1 Å². The molecule has 1 aliphatic heterocycles. The zero-order valence-electron chi connectivity index (χ0n) is 16.7. The van der Waals surface area contributed by atoms with Gasteiger partial charge in [0.2, 0.25) is 0 Å². The van der Waals surface area contributed by atoms with E-state index in [2.05, 4.69) is 31.3 Å². The van der Waals surface area contributed by atoms with Gasteiger partial charge in [0.15, 0.2) is 17.3 Å². The number of para-hydroxylation sites is 2. The highest BCUT2D eigenvalue weighted by atomic mass is 32.2. The number of Topliss-reactive ketones (excluding diaryl/α,β-unsaturated/α-hetero) is 1. The predicted octanol–water partition coefficient (Wildman–Crippen LogP) is 5.61. The van der Waals surface area contributed by atoms with E-state index in [0.29, 0.717) is 17.9 Å². The van der Waals surface area contributed by atoms with Crippen molar-refractivity contribution >= 4 is 23.2 Å². The zero-order valence-corrected chi connectivity index (χ0v) is 17.5. The van der Waals surface area contributed by atoms with Gasteiger partial charge in [0.05, 0.1) is 25.2 Å². The molecule has 1 N–H and O–H groups in total. The lowest BCUT2D eigenvalue weighted by Gasteiger charge is -2.34. The van der Waals surface area contributed by atoms with Crippen LogP contribution in [0.3, 0.4) is 0 Å². The Kier molecular flexibility index (Phi) is 4.88. The van der Waals surface area contributed by atoms with E-state index in [0.717, 1.165) is 33.8 Å². The lowest BCUT2D eigenvalue weighted by Crippen LogP contribution is -2.29. The van der Waals surface area contributed by atoms with Crippen LogP contribution in [0.4, 0.5) is 5.69 Å². The molecule has 4 rings (SSSR count). The summed E-state index contributed by atoms with van der Waals surface area (Å²) in [5, 5.41) is 3.43. The Morgan fingerprint density at radius 3 is 2.57 bits per heavy atom. The highest BCUT2D eigenvalue weighted by Gasteiger charge is 2.40. The number of ketones is 1. The van der Waals surface area contributed by atoms with E-state index >= 15 is 0 Å². The maximum atomic E-state index is 13.3. The van der Waals surface area contributed by atoms with Crippen molar-refractivity contribution in [3.63, 3.8) is 0 Å². The second-order valence-electron chi connectivity index (χ2n) is 8.03. The number of rotatable bonds is 3. The van der Waals surface area contributed by atoms with Gasteiger partial charge in [0.25, 0.3) is 0 Å². The van der Waals surface area contributed by atoms with Gasteiger partial charge >= 0.3 is 0 Å². The van der Waals surface area contributed by atoms with Gasteiger partial charge in [-0.3, -0.25) is 4.79 Å². The molecular formula is C23H25NO3S. The number of ether oxygens (including phenoxy) is 2. The molecule has 0 bridgehead atoms. The van der Waals surface area contributed by atoms with E-state index in [1.165, 1.54) is 0 Å². The van der Waals surface area contributed by atoms with Gasteiger partial charge in [-0.15, -0.1) is 11.8 Å². The summed E-state index contributed by atoms with van der Waals surface area (Å²) in [5.74, 6) is 1.57. The van der Waals surface area contributed by atoms with E-state index in [1.807, 2.05) is 30.3 Å². The Balaban J connectivity index is 1.93. The SMILES string of the molecule is COc1cccc(C2Sc3ccccc3NC3=C2C(=O)CC(C)(C)C3)c1OC. The number of hydrogen-bond acceptors (Lipinski definition) is 5. The quantitative estimate of drug-likeness (QED) is 0.732. The maximum absolute atomic E-state index is 13.3. The molecule has 5 heteroatoms. The van der Waals surface area contributed by atoms with Gasteiger partial charge in [-0.05, 0) is 30.0 Å². The number of carbonyl (C=O) groups excluding carboxylic acids is 1. The zero-order chi connectivity index (χ0) is 19.9. The molecule has 0 spiro atoms. The highest BCUT2D eigenvalue weighted by Crippen LogP contribution is 2.54. The van der Waals surface area contributed by atoms with Crippen molar-refractivity contribution in [2.24, 2.45) is 5.41 Å². The summed E-state index contributed by atoms with van der Waals surface area (Å²) in [6.07, 6.45) is 1.39. The molecule has 0 aromatic heterocycles. The van der Waals surface area contributed by atoms with Crippen molar-refractivity contribution in [1.29, 1.82) is 0 Å². The van der Waals surface area contributed by atoms with Crippen LogP contribution >= 0.6 is 11.8 Å². The number of methoxy groups -OCH3 is 2. The van der Waals surface area contributed by atoms with Gasteiger partial charge < -0.3 is 14.8 Å². The number of thioether (sulfide) groups is 1. The maximum Gasteiger partial charge on any atom is 0.165 e. The number of benzene rings is 2. The molecule has 1 heterocycles. The number of carbonyl (C=O) groups is 1. The lowest BCUT2D eigenvalue weighted by molar-refractivity contribution is -0.118. The highest BCUT2D eigenvalue weighted by molar-refractivity contribution is 8.00. The van der Waals surface area contributed by atoms with Gasteiger partial charge in [0.1, 0.15) is 0 Å². The van der Waals surface area contributed by atoms with Gasteiger partial charge in [-0.25, -0.2) is 0 Å². The number of nitrogens with one attached hydrogen (secondary N) is 1. The summed E-state index contributed by atoms with van der Waals surface area (Å²) in [4.78, 5) is 14.4. The standard InChI is InChI=1S/C23H25NO3S/c1-23(2)12-16-20(17(25)13-23)22(28-19-11-6-5-9-15(19)24-16)14-8-7-10-18(26-3)21(14)27-4/h5-11,22,24H,12-13H2,1-4H3. The Labute approximate surface area is 170 Å². The Hall–Kier alpha value is -2.40. The minimum atomic E-state index is -0.153. The topological polar surface area (TPSA) is 47.6 Å². The van der Waals surface area contributed by atoms with E-state index in [4.69, 9.17) is 9.47 Å². The molecular weight excluding hydrogens is 370 g/mol. The molecule has 146 valence electrons. The number of hydrogen-bond donors (Lipinski definition) is 1. The second kappa shape index (κ2) is 7.21. The summed E-state index contributed by atoms with van der Waals surface area (Å²) in [5.41, 5.74) is 3.83. The van der Waals surface area contributed by atoms with E-state index in [1.54, 1.807) is 26.0 Å². The van der Waals surface area contributed by atoms with Crippen molar-refractivity contribution in [1.82, 2.24) is 0 Å². The molecule has 1 unspecified atom stereocenters. The van der Waals surface area contributed by atoms with E-state index in [-0.39, 0.29) is 16.4 Å². The molecule has 2 aromatic rings. The Morgan fingerprint density at radius 2 is 1.82 bits per heavy atom. The van der Waals surface area contributed by atoms with E-state index in [9.17, 15) is 4.79 Å². The van der Waals surface area contributed by atoms with Crippen LogP contribution in [0.15, 0.2) is 58.6 Å². The van der Waals surface area contributed by atoms with Crippen LogP contribution in [-0.2, 0) is 4.79 Å². The molecule has 0 amide bonds. The minimum absolute atomic E-state index is 0.0596. The van der Waals surface area contributed by atoms with Crippen molar-refractivity contribution in [2.75, 3.05) is 19.5 Å². The first-order valence-electron chi connectivity index (χ1n) is 9.43. The first-order chi connectivity index (χ1) is 13.4. The lowest BCUT2D eigenvalue weighted by atomic mass is 9.74. The normalized spacial score (nSPS) is 20.6. The second-order valence-corrected chi connectivity index (χ2v) is 9.18. The smallest absolute Gasteiger partial charge is 0.165 e. The Morgan fingerprint density at radius 1 is 1.04 bits per heavy atom. The van der Waals surface area contributed by atoms with Crippen LogP contribution in [0.1, 0.15) is 37.5 Å². The van der Waals surface area contributed by atoms with Crippen LogP contribution in [0.2, 0.25) is 0 Å². The predicted molar refractivity (Wildman–Crippen MR) is 113 cm³/mol. The van der Waals surface area contributed by atoms with Crippen LogP contribution in [-0.4, -0.2) is 20.0 Å². The number of anilines is 1. The third-order valence-corrected chi connectivity index (χ3v) is 6.65. The molecule has 1 aliphatic carbocycles. The van der Waals surface area contributed by atoms with Crippen molar-refractivity contribution in [3.05, 3.63) is 59.3 Å². The molecule has 2 aliphatic rings. The van der Waals surface area contributed by atoms with Gasteiger partial charge in [0, 0.05) is 28.1 Å². The average Bonchev–Trinajstić information content (AvgIpc) is 2.82. The Bertz CT molecular complexity index is 964. The number of fused-ring (bicyclic) bond motifs is 1. The largest absolute Gasteiger partial charge is 0.493 e. The fourth-order valence-corrected chi connectivity index (χ4v) is 5.47. The summed E-state index contributed by atoms with van der Waals surface area (Å²) >= 11 is 1.69. The monoisotopic (exact) mass is 395 g/mol. The van der Waals surface area contributed by atoms with Crippen LogP contribution < -0.4 is 14.8 Å². The fourth-order valence-electron chi connectivity index (χ4n) is 4.11. The molecule has 28 heavy (non-hydrogen) atoms. The summed E-state index contributed by atoms with van der Waals surface area (Å²) in [7, 11) is 3.29. The first kappa shape index (κ1) is 18.9. The minimum Gasteiger partial charge on any atom is -0.493 e. The average molecular weight is 396 g/mol. The summed E-state index contributed by atoms with van der Waals surface area (Å²) < 4.78 is 11.2. The summed E-state index contributed by atoms with van der Waals surface area (Å²) in [6.45, 7) is 4.31. The molecule has 0 saturated carbocycles. The molecule has 4 nitrogen and oxygen atoms in total. The van der Waals surface area contributed by atoms with Crippen LogP contribution in [0, 0.1) is 5.41 Å². The first-order valence-corrected chi connectivity index (χ1v) is 10.3. The van der Waals surface area contributed by atoms with Crippen LogP contribution in [0.25, 0.3) is 0 Å². The summed E-state index contributed by atoms with van der Waals surface area (Å²) in [6, 6.07) is 14.1.